The first kappa shape index (κ1) is 47.3. The van der Waals surface area contributed by atoms with E-state index in [1.807, 2.05) is 44.7 Å². The summed E-state index contributed by atoms with van der Waals surface area (Å²) in [6.45, 7) is 11.6. The molecule has 4 aromatic heterocycles. The number of aryl methyl sites for hydroxylation is 4. The Balaban J connectivity index is 0.000000180. The van der Waals surface area contributed by atoms with Gasteiger partial charge in [0.1, 0.15) is 28.6 Å². The van der Waals surface area contributed by atoms with Crippen LogP contribution in [0.5, 0.6) is 0 Å². The third-order valence-electron chi connectivity index (χ3n) is 11.1. The Morgan fingerprint density at radius 3 is 1.63 bits per heavy atom. The summed E-state index contributed by atoms with van der Waals surface area (Å²) in [4.78, 5) is 42.0. The second-order valence-corrected chi connectivity index (χ2v) is 16.9. The highest BCUT2D eigenvalue weighted by Crippen LogP contribution is 2.35. The van der Waals surface area contributed by atoms with Gasteiger partial charge in [0.15, 0.2) is 0 Å². The van der Waals surface area contributed by atoms with Crippen LogP contribution in [0.2, 0.25) is 5.15 Å². The molecule has 6 heterocycles. The molecular formula is C40H57ClF4N16O2. The van der Waals surface area contributed by atoms with Crippen LogP contribution < -0.4 is 43.0 Å². The van der Waals surface area contributed by atoms with Crippen molar-refractivity contribution < 1.29 is 27.2 Å². The minimum absolute atomic E-state index is 0.0334. The van der Waals surface area contributed by atoms with Crippen molar-refractivity contribution in [3.8, 4) is 11.9 Å². The fourth-order valence-electron chi connectivity index (χ4n) is 7.78. The summed E-state index contributed by atoms with van der Waals surface area (Å²) in [6.07, 6.45) is 1.09. The number of hydrogen-bond donors (Lipinski definition) is 7. The molecule has 344 valence electrons. The summed E-state index contributed by atoms with van der Waals surface area (Å²) >= 11 is 6.07. The zero-order valence-corrected chi connectivity index (χ0v) is 36.7. The molecule has 2 unspecified atom stereocenters. The monoisotopic (exact) mass is 904 g/mol. The van der Waals surface area contributed by atoms with Gasteiger partial charge in [-0.25, -0.2) is 26.9 Å². The molecule has 8 rings (SSSR count). The van der Waals surface area contributed by atoms with E-state index in [-0.39, 0.29) is 54.9 Å². The molecule has 2 saturated heterocycles. The van der Waals surface area contributed by atoms with E-state index in [1.54, 1.807) is 21.5 Å². The number of hydrogen-bond acceptors (Lipinski definition) is 14. The molecule has 0 spiro atoms. The molecule has 2 saturated carbocycles. The van der Waals surface area contributed by atoms with Crippen molar-refractivity contribution in [2.75, 3.05) is 54.8 Å². The number of alkyl halides is 4. The zero-order chi connectivity index (χ0) is 45.5. The molecule has 2 amide bonds. The molecular weight excluding hydrogens is 848 g/mol. The van der Waals surface area contributed by atoms with E-state index >= 15 is 0 Å². The van der Waals surface area contributed by atoms with Crippen molar-refractivity contribution in [3.63, 3.8) is 0 Å². The lowest BCUT2D eigenvalue weighted by molar-refractivity contribution is -0.120. The lowest BCUT2D eigenvalue weighted by Gasteiger charge is -2.33. The maximum Gasteiger partial charge on any atom is 0.254 e. The van der Waals surface area contributed by atoms with Gasteiger partial charge in [-0.15, -0.1) is 0 Å². The van der Waals surface area contributed by atoms with Crippen LogP contribution in [0.1, 0.15) is 74.1 Å². The molecule has 4 aromatic rings. The van der Waals surface area contributed by atoms with Crippen LogP contribution in [-0.2, 0) is 9.59 Å². The van der Waals surface area contributed by atoms with Gasteiger partial charge in [0.05, 0.1) is 17.4 Å². The molecule has 2 aliphatic carbocycles. The van der Waals surface area contributed by atoms with Crippen LogP contribution in [0.3, 0.4) is 0 Å². The van der Waals surface area contributed by atoms with Crippen LogP contribution >= 0.6 is 11.6 Å². The van der Waals surface area contributed by atoms with Crippen LogP contribution in [-0.4, -0.2) is 127 Å². The first-order chi connectivity index (χ1) is 29.8. The van der Waals surface area contributed by atoms with Crippen molar-refractivity contribution in [2.24, 2.45) is 11.5 Å². The van der Waals surface area contributed by atoms with Gasteiger partial charge >= 0.3 is 0 Å². The predicted molar refractivity (Wildman–Crippen MR) is 231 cm³/mol. The van der Waals surface area contributed by atoms with Crippen LogP contribution in [0.15, 0.2) is 24.3 Å². The van der Waals surface area contributed by atoms with E-state index in [2.05, 4.69) is 56.7 Å². The number of carbonyl (C=O) groups excluding carboxylic acids is 2. The number of nitrogens with zero attached hydrogens (tertiary/aromatic N) is 9. The van der Waals surface area contributed by atoms with Crippen molar-refractivity contribution in [3.05, 3.63) is 52.2 Å². The molecule has 0 aromatic carbocycles. The van der Waals surface area contributed by atoms with Crippen LogP contribution in [0, 0.1) is 27.7 Å². The summed E-state index contributed by atoms with van der Waals surface area (Å²) in [5.41, 5.74) is 14.0. The smallest absolute Gasteiger partial charge is 0.254 e. The maximum absolute atomic E-state index is 13.5. The third kappa shape index (κ3) is 13.4. The Morgan fingerprint density at radius 2 is 1.19 bits per heavy atom. The first-order valence-electron chi connectivity index (χ1n) is 21.1. The molecule has 0 bridgehead atoms. The minimum Gasteiger partial charge on any atom is -0.368 e. The van der Waals surface area contributed by atoms with Crippen molar-refractivity contribution >= 4 is 40.9 Å². The number of amides is 2. The van der Waals surface area contributed by atoms with E-state index in [0.29, 0.717) is 81.2 Å². The van der Waals surface area contributed by atoms with Crippen molar-refractivity contribution in [1.82, 2.24) is 55.4 Å². The lowest BCUT2D eigenvalue weighted by atomic mass is 9.92. The fraction of sp³-hybridized carbons (Fsp3) is 0.600. The molecule has 18 nitrogen and oxygen atoms in total. The number of primary amides is 2. The number of nitrogens with two attached hydrogens (primary N) is 2. The Hall–Kier alpha value is -5.19. The number of piperazine rings is 2. The maximum atomic E-state index is 13.5. The molecule has 2 atom stereocenters. The van der Waals surface area contributed by atoms with Gasteiger partial charge in [-0.1, -0.05) is 11.6 Å². The number of carbonyl (C=O) groups is 2. The predicted octanol–water partition coefficient (Wildman–Crippen LogP) is 3.49. The van der Waals surface area contributed by atoms with Crippen molar-refractivity contribution in [1.29, 1.82) is 0 Å². The normalized spacial score (nSPS) is 21.3. The molecule has 63 heavy (non-hydrogen) atoms. The topological polar surface area (TPSA) is 237 Å². The molecule has 4 fully saturated rings. The minimum atomic E-state index is -2.59. The van der Waals surface area contributed by atoms with Gasteiger partial charge in [0, 0.05) is 101 Å². The van der Waals surface area contributed by atoms with Crippen LogP contribution in [0.4, 0.5) is 35.0 Å². The second kappa shape index (κ2) is 20.5. The highest BCUT2D eigenvalue weighted by atomic mass is 35.5. The molecule has 2 aliphatic heterocycles. The summed E-state index contributed by atoms with van der Waals surface area (Å²) < 4.78 is 56.8. The average molecular weight is 905 g/mol. The number of aromatic nitrogens is 8. The summed E-state index contributed by atoms with van der Waals surface area (Å²) in [5, 5.41) is 24.7. The Bertz CT molecular complexity index is 2180. The summed E-state index contributed by atoms with van der Waals surface area (Å²) in [5.74, 6) is -3.35. The first-order valence-corrected chi connectivity index (χ1v) is 21.5. The SMILES string of the molecule is Cc1cc(C)n(-c2nc(Cl)cc(NC3CCC(F)(F)CC3)n2)n1.Cc1cc(C)n(-c2nc(NC3CCC(F)(F)CC3)cc(N3CCNC(C(N)=O)C3)n2)n1.NC(=O)C1CNCCN1. The molecule has 0 radical (unpaired) electrons. The van der Waals surface area contributed by atoms with Gasteiger partial charge < -0.3 is 43.0 Å². The Labute approximate surface area is 368 Å². The van der Waals surface area contributed by atoms with Gasteiger partial charge in [-0.2, -0.15) is 30.1 Å². The van der Waals surface area contributed by atoms with Gasteiger partial charge in [0.2, 0.25) is 23.7 Å². The number of nitrogens with one attached hydrogen (secondary N) is 5. The Kier molecular flexibility index (Phi) is 15.4. The van der Waals surface area contributed by atoms with E-state index in [4.69, 9.17) is 23.1 Å². The standard InChI is InChI=1S/C20H28F2N8O.C15H18ClF2N5.C5H11N3O/c1-12-9-13(2)30(28-12)19-26-16(25-14-3-5-20(21,22)6-4-14)10-17(27-19)29-8-7-24-15(11-29)18(23)31;1-9-7-10(2)23(22-9)14-20-12(16)8-13(21-14)19-11-3-5-15(17,18)6-4-11;6-5(9)4-3-7-1-2-8-4/h9-10,14-15,24H,3-8,11H2,1-2H3,(H2,23,31)(H,25,26,27);7-8,11H,3-6H2,1-2H3,(H,19,20,21);4,7-8H,1-3H2,(H2,6,9). The van der Waals surface area contributed by atoms with E-state index in [9.17, 15) is 27.2 Å². The number of anilines is 3. The highest BCUT2D eigenvalue weighted by molar-refractivity contribution is 6.29. The van der Waals surface area contributed by atoms with Gasteiger partial charge in [-0.05, 0) is 65.5 Å². The largest absolute Gasteiger partial charge is 0.368 e. The average Bonchev–Trinajstić information content (AvgIpc) is 3.77. The van der Waals surface area contributed by atoms with Crippen molar-refractivity contribution in [2.45, 2.75) is 115 Å². The summed E-state index contributed by atoms with van der Waals surface area (Å²) in [7, 11) is 0. The van der Waals surface area contributed by atoms with Crippen LogP contribution in [0.25, 0.3) is 11.9 Å². The highest BCUT2D eigenvalue weighted by Gasteiger charge is 2.36. The number of halogens is 5. The second-order valence-electron chi connectivity index (χ2n) is 16.5. The van der Waals surface area contributed by atoms with E-state index in [1.165, 1.54) is 0 Å². The lowest BCUT2D eigenvalue weighted by Crippen LogP contribution is -2.56. The third-order valence-corrected chi connectivity index (χ3v) is 11.3. The molecule has 9 N–H and O–H groups in total. The van der Waals surface area contributed by atoms with E-state index in [0.717, 1.165) is 35.9 Å². The van der Waals surface area contributed by atoms with E-state index < -0.39 is 23.8 Å². The molecule has 23 heteroatoms. The molecule has 4 aliphatic rings. The van der Waals surface area contributed by atoms with Gasteiger partial charge in [-0.3, -0.25) is 9.59 Å². The zero-order valence-electron chi connectivity index (χ0n) is 35.9. The number of rotatable bonds is 9. The van der Waals surface area contributed by atoms with Gasteiger partial charge in [0.25, 0.3) is 11.9 Å². The Morgan fingerprint density at radius 1 is 0.698 bits per heavy atom. The summed E-state index contributed by atoms with van der Waals surface area (Å²) in [6, 6.07) is 6.48. The fourth-order valence-corrected chi connectivity index (χ4v) is 7.96. The quantitative estimate of drug-likeness (QED) is 0.0942.